The molecule has 0 aromatic heterocycles. The zero-order valence-corrected chi connectivity index (χ0v) is 23.5. The largest absolute Gasteiger partial charge is 0.338 e. The lowest BCUT2D eigenvalue weighted by Crippen LogP contribution is -2.55. The van der Waals surface area contributed by atoms with Gasteiger partial charge in [-0.2, -0.15) is 0 Å². The minimum Gasteiger partial charge on any atom is -0.338 e. The highest BCUT2D eigenvalue weighted by Gasteiger charge is 2.59. The Bertz CT molecular complexity index is 1480. The monoisotopic (exact) mass is 566 g/mol. The van der Waals surface area contributed by atoms with Gasteiger partial charge in [0.05, 0.1) is 16.9 Å². The lowest BCUT2D eigenvalue weighted by Gasteiger charge is -2.36. The first-order valence-corrected chi connectivity index (χ1v) is 14.6. The summed E-state index contributed by atoms with van der Waals surface area (Å²) < 4.78 is 0. The number of nitro groups is 1. The quantitative estimate of drug-likeness (QED) is 0.260. The normalized spacial score (nSPS) is 23.9. The van der Waals surface area contributed by atoms with Crippen molar-refractivity contribution in [3.05, 3.63) is 111 Å². The third-order valence-electron chi connectivity index (χ3n) is 8.80. The minimum absolute atomic E-state index is 0.0753. The van der Waals surface area contributed by atoms with Gasteiger partial charge in [0.15, 0.2) is 5.78 Å². The summed E-state index contributed by atoms with van der Waals surface area (Å²) in [5.41, 5.74) is 2.90. The maximum atomic E-state index is 14.6. The van der Waals surface area contributed by atoms with Gasteiger partial charge in [0.25, 0.3) is 5.69 Å². The van der Waals surface area contributed by atoms with E-state index in [1.807, 2.05) is 37.3 Å². The third-order valence-corrected chi connectivity index (χ3v) is 8.80. The average molecular weight is 567 g/mol. The predicted octanol–water partition coefficient (Wildman–Crippen LogP) is 4.28. The number of carbonyl (C=O) groups is 3. The second kappa shape index (κ2) is 11.5. The third kappa shape index (κ3) is 5.20. The molecule has 6 rings (SSSR count). The number of benzene rings is 3. The number of non-ortho nitro benzene ring substituents is 1. The van der Waals surface area contributed by atoms with E-state index in [4.69, 9.17) is 0 Å². The molecule has 3 aromatic rings. The molecule has 1 aliphatic carbocycles. The topological polar surface area (TPSA) is 113 Å². The fraction of sp³-hybridized carbons (Fsp3) is 0.364. The molecule has 3 fully saturated rings. The molecule has 1 saturated carbocycles. The fourth-order valence-electron chi connectivity index (χ4n) is 6.51. The molecule has 4 unspecified atom stereocenters. The number of nitro benzene ring substituents is 1. The SMILES string of the molecule is Cc1ccc(C2C(C(=O)c3ccccc3)C(c3ccc([N+](=O)[O-])cc3)C(C(=O)N3CCNCC3)N2C(=O)C2CC2)cc1. The van der Waals surface area contributed by atoms with E-state index in [2.05, 4.69) is 5.32 Å². The highest BCUT2D eigenvalue weighted by molar-refractivity contribution is 6.02. The van der Waals surface area contributed by atoms with Crippen LogP contribution in [0, 0.1) is 28.9 Å². The Labute approximate surface area is 244 Å². The van der Waals surface area contributed by atoms with Gasteiger partial charge in [0, 0.05) is 55.7 Å². The summed E-state index contributed by atoms with van der Waals surface area (Å²) in [4.78, 5) is 57.9. The molecule has 9 heteroatoms. The number of hydrogen-bond acceptors (Lipinski definition) is 6. The van der Waals surface area contributed by atoms with Crippen LogP contribution in [0.2, 0.25) is 0 Å². The number of ketones is 1. The average Bonchev–Trinajstić information content (AvgIpc) is 3.82. The molecule has 0 bridgehead atoms. The van der Waals surface area contributed by atoms with Crippen molar-refractivity contribution in [3.63, 3.8) is 0 Å². The smallest absolute Gasteiger partial charge is 0.269 e. The number of hydrogen-bond donors (Lipinski definition) is 1. The molecule has 2 amide bonds. The second-order valence-corrected chi connectivity index (χ2v) is 11.5. The van der Waals surface area contributed by atoms with Crippen molar-refractivity contribution >= 4 is 23.3 Å². The maximum absolute atomic E-state index is 14.6. The van der Waals surface area contributed by atoms with Crippen LogP contribution in [-0.2, 0) is 9.59 Å². The Hall–Kier alpha value is -4.37. The second-order valence-electron chi connectivity index (χ2n) is 11.5. The molecule has 0 spiro atoms. The molecule has 216 valence electrons. The Morgan fingerprint density at radius 3 is 2.05 bits per heavy atom. The van der Waals surface area contributed by atoms with E-state index in [0.29, 0.717) is 37.3 Å². The van der Waals surface area contributed by atoms with E-state index in [1.165, 1.54) is 12.1 Å². The number of amides is 2. The summed E-state index contributed by atoms with van der Waals surface area (Å²) in [7, 11) is 0. The minimum atomic E-state index is -0.929. The van der Waals surface area contributed by atoms with Gasteiger partial charge in [-0.1, -0.05) is 72.3 Å². The zero-order valence-electron chi connectivity index (χ0n) is 23.5. The van der Waals surface area contributed by atoms with Gasteiger partial charge in [0.2, 0.25) is 11.8 Å². The van der Waals surface area contributed by atoms with Gasteiger partial charge in [-0.25, -0.2) is 0 Å². The maximum Gasteiger partial charge on any atom is 0.269 e. The highest BCUT2D eigenvalue weighted by Crippen LogP contribution is 2.53. The van der Waals surface area contributed by atoms with Crippen molar-refractivity contribution in [1.29, 1.82) is 0 Å². The van der Waals surface area contributed by atoms with E-state index in [-0.39, 0.29) is 29.2 Å². The molecule has 2 heterocycles. The van der Waals surface area contributed by atoms with Crippen molar-refractivity contribution in [2.75, 3.05) is 26.2 Å². The first kappa shape index (κ1) is 27.8. The number of piperazine rings is 1. The fourth-order valence-corrected chi connectivity index (χ4v) is 6.51. The number of rotatable bonds is 7. The van der Waals surface area contributed by atoms with Gasteiger partial charge < -0.3 is 15.1 Å². The van der Waals surface area contributed by atoms with Crippen molar-refractivity contribution in [3.8, 4) is 0 Å². The van der Waals surface area contributed by atoms with Crippen LogP contribution in [0.4, 0.5) is 5.69 Å². The van der Waals surface area contributed by atoms with Crippen LogP contribution in [-0.4, -0.2) is 64.5 Å². The van der Waals surface area contributed by atoms with Gasteiger partial charge >= 0.3 is 0 Å². The summed E-state index contributed by atoms with van der Waals surface area (Å²) in [5, 5.41) is 14.8. The summed E-state index contributed by atoms with van der Waals surface area (Å²) >= 11 is 0. The summed E-state index contributed by atoms with van der Waals surface area (Å²) in [6, 6.07) is 21.3. The molecule has 42 heavy (non-hydrogen) atoms. The van der Waals surface area contributed by atoms with E-state index in [9.17, 15) is 24.5 Å². The Morgan fingerprint density at radius 1 is 0.833 bits per heavy atom. The standard InChI is InChI=1S/C33H34N4O5/c1-21-7-9-23(10-8-21)29-28(31(38)24-5-3-2-4-6-24)27(22-13-15-26(16-14-22)37(41)42)30(36(29)32(39)25-11-12-25)33(40)35-19-17-34-18-20-35/h2-10,13-16,25,27-30,34H,11-12,17-20H2,1H3. The van der Waals surface area contributed by atoms with E-state index < -0.39 is 28.8 Å². The van der Waals surface area contributed by atoms with Crippen molar-refractivity contribution in [1.82, 2.24) is 15.1 Å². The van der Waals surface area contributed by atoms with E-state index >= 15 is 0 Å². The molecule has 3 aromatic carbocycles. The van der Waals surface area contributed by atoms with E-state index in [1.54, 1.807) is 46.2 Å². The molecule has 0 radical (unpaired) electrons. The lowest BCUT2D eigenvalue weighted by atomic mass is 9.75. The van der Waals surface area contributed by atoms with Crippen LogP contribution in [0.1, 0.15) is 51.8 Å². The van der Waals surface area contributed by atoms with Crippen molar-refractivity contribution in [2.45, 2.75) is 37.8 Å². The van der Waals surface area contributed by atoms with Crippen molar-refractivity contribution in [2.24, 2.45) is 11.8 Å². The number of nitrogens with one attached hydrogen (secondary N) is 1. The van der Waals surface area contributed by atoms with Crippen LogP contribution in [0.15, 0.2) is 78.9 Å². The van der Waals surface area contributed by atoms with Gasteiger partial charge in [-0.3, -0.25) is 24.5 Å². The Balaban J connectivity index is 1.57. The number of aryl methyl sites for hydroxylation is 1. The van der Waals surface area contributed by atoms with Crippen LogP contribution < -0.4 is 5.32 Å². The lowest BCUT2D eigenvalue weighted by molar-refractivity contribution is -0.384. The van der Waals surface area contributed by atoms with Crippen LogP contribution in [0.5, 0.6) is 0 Å². The number of carbonyl (C=O) groups excluding carboxylic acids is 3. The van der Waals surface area contributed by atoms with E-state index in [0.717, 1.165) is 24.0 Å². The molecule has 3 aliphatic rings. The predicted molar refractivity (Wildman–Crippen MR) is 157 cm³/mol. The van der Waals surface area contributed by atoms with Crippen LogP contribution in [0.3, 0.4) is 0 Å². The molecular formula is C33H34N4O5. The highest BCUT2D eigenvalue weighted by atomic mass is 16.6. The molecular weight excluding hydrogens is 532 g/mol. The van der Waals surface area contributed by atoms with Crippen LogP contribution in [0.25, 0.3) is 0 Å². The zero-order chi connectivity index (χ0) is 29.4. The molecule has 2 aliphatic heterocycles. The summed E-state index contributed by atoms with van der Waals surface area (Å²) in [5.74, 6) is -2.11. The summed E-state index contributed by atoms with van der Waals surface area (Å²) in [6.07, 6.45) is 1.51. The molecule has 1 N–H and O–H groups in total. The van der Waals surface area contributed by atoms with Gasteiger partial charge in [0.1, 0.15) is 6.04 Å². The molecule has 9 nitrogen and oxygen atoms in total. The molecule has 4 atom stereocenters. The number of nitrogens with zero attached hydrogens (tertiary/aromatic N) is 3. The first-order valence-electron chi connectivity index (χ1n) is 14.6. The van der Waals surface area contributed by atoms with Crippen molar-refractivity contribution < 1.29 is 19.3 Å². The van der Waals surface area contributed by atoms with Crippen LogP contribution >= 0.6 is 0 Å². The summed E-state index contributed by atoms with van der Waals surface area (Å²) in [6.45, 7) is 4.27. The first-order chi connectivity index (χ1) is 20.3. The molecule has 2 saturated heterocycles. The Kier molecular flexibility index (Phi) is 7.60. The number of likely N-dealkylation sites (tertiary alicyclic amines) is 1. The Morgan fingerprint density at radius 2 is 1.45 bits per heavy atom. The number of Topliss-reactive ketones (excluding diaryl/α,β-unsaturated/α-hetero) is 1. The van der Waals surface area contributed by atoms with Gasteiger partial charge in [-0.05, 0) is 30.9 Å². The van der Waals surface area contributed by atoms with Gasteiger partial charge in [-0.15, -0.1) is 0 Å².